The number of aryl methyl sites for hydroxylation is 2. The van der Waals surface area contributed by atoms with Crippen molar-refractivity contribution in [3.05, 3.63) is 29.0 Å². The molecular weight excluding hydrogens is 294 g/mol. The minimum absolute atomic E-state index is 0.0151. The van der Waals surface area contributed by atoms with E-state index in [-0.39, 0.29) is 24.2 Å². The molecule has 0 unspecified atom stereocenters. The summed E-state index contributed by atoms with van der Waals surface area (Å²) in [6.07, 6.45) is 1.49. The summed E-state index contributed by atoms with van der Waals surface area (Å²) >= 11 is 0. The van der Waals surface area contributed by atoms with Crippen molar-refractivity contribution < 1.29 is 14.1 Å². The molecule has 2 aromatic rings. The van der Waals surface area contributed by atoms with Crippen molar-refractivity contribution in [1.82, 2.24) is 10.1 Å². The average molecular weight is 315 g/mol. The molecule has 3 rings (SSSR count). The number of carbonyl (C=O) groups excluding carboxylic acids is 2. The molecule has 1 saturated heterocycles. The van der Waals surface area contributed by atoms with Crippen molar-refractivity contribution in [2.24, 2.45) is 11.7 Å². The molecule has 2 N–H and O–H groups in total. The van der Waals surface area contributed by atoms with Gasteiger partial charge in [0.1, 0.15) is 5.69 Å². The van der Waals surface area contributed by atoms with E-state index in [1.807, 2.05) is 26.0 Å². The van der Waals surface area contributed by atoms with Crippen molar-refractivity contribution in [3.63, 3.8) is 0 Å². The Morgan fingerprint density at radius 1 is 1.26 bits per heavy atom. The maximum atomic E-state index is 12.5. The van der Waals surface area contributed by atoms with Crippen molar-refractivity contribution >= 4 is 22.8 Å². The fraction of sp³-hybridized carbons (Fsp3) is 0.471. The van der Waals surface area contributed by atoms with Crippen LogP contribution in [0, 0.1) is 19.8 Å². The van der Waals surface area contributed by atoms with Gasteiger partial charge in [0.05, 0.1) is 6.42 Å². The van der Waals surface area contributed by atoms with Crippen molar-refractivity contribution in [3.8, 4) is 0 Å². The summed E-state index contributed by atoms with van der Waals surface area (Å²) in [6.45, 7) is 5.19. The van der Waals surface area contributed by atoms with E-state index in [9.17, 15) is 9.59 Å². The monoisotopic (exact) mass is 315 g/mol. The standard InChI is InChI=1S/C17H21N3O3/c1-10-7-13-14(19-23-15(13)8-11(10)2)9-16(21)20-5-3-12(4-6-20)17(18)22/h7-8,12H,3-6,9H2,1-2H3,(H2,18,22). The van der Waals surface area contributed by atoms with E-state index in [2.05, 4.69) is 5.16 Å². The Bertz CT molecular complexity index is 758. The highest BCUT2D eigenvalue weighted by Crippen LogP contribution is 2.24. The third-order valence-electron chi connectivity index (χ3n) is 4.73. The number of aromatic nitrogens is 1. The fourth-order valence-corrected chi connectivity index (χ4v) is 3.04. The molecule has 1 aromatic carbocycles. The number of hydrogen-bond donors (Lipinski definition) is 1. The summed E-state index contributed by atoms with van der Waals surface area (Å²) in [7, 11) is 0. The zero-order valence-corrected chi connectivity index (χ0v) is 13.5. The SMILES string of the molecule is Cc1cc2onc(CC(=O)N3CCC(C(N)=O)CC3)c2cc1C. The number of rotatable bonds is 3. The van der Waals surface area contributed by atoms with Crippen LogP contribution in [0.5, 0.6) is 0 Å². The zero-order valence-electron chi connectivity index (χ0n) is 13.5. The second-order valence-electron chi connectivity index (χ2n) is 6.30. The highest BCUT2D eigenvalue weighted by atomic mass is 16.5. The van der Waals surface area contributed by atoms with Crippen molar-refractivity contribution in [1.29, 1.82) is 0 Å². The molecule has 0 radical (unpaired) electrons. The molecule has 0 bridgehead atoms. The molecule has 2 heterocycles. The van der Waals surface area contributed by atoms with E-state index in [1.165, 1.54) is 0 Å². The highest BCUT2D eigenvalue weighted by molar-refractivity contribution is 5.87. The van der Waals surface area contributed by atoms with E-state index in [1.54, 1.807) is 4.90 Å². The molecule has 0 spiro atoms. The molecular formula is C17H21N3O3. The van der Waals surface area contributed by atoms with Crippen LogP contribution >= 0.6 is 0 Å². The van der Waals surface area contributed by atoms with Gasteiger partial charge in [-0.1, -0.05) is 5.16 Å². The van der Waals surface area contributed by atoms with Gasteiger partial charge in [-0.25, -0.2) is 0 Å². The lowest BCUT2D eigenvalue weighted by Crippen LogP contribution is -2.42. The van der Waals surface area contributed by atoms with E-state index in [0.717, 1.165) is 16.5 Å². The molecule has 1 aliphatic rings. The topological polar surface area (TPSA) is 89.4 Å². The first-order valence-corrected chi connectivity index (χ1v) is 7.88. The van der Waals surface area contributed by atoms with E-state index < -0.39 is 0 Å². The molecule has 2 amide bonds. The zero-order chi connectivity index (χ0) is 16.6. The lowest BCUT2D eigenvalue weighted by atomic mass is 9.96. The summed E-state index contributed by atoms with van der Waals surface area (Å²) in [4.78, 5) is 25.4. The Morgan fingerprint density at radius 3 is 2.57 bits per heavy atom. The Balaban J connectivity index is 1.71. The first-order chi connectivity index (χ1) is 11.0. The van der Waals surface area contributed by atoms with E-state index in [4.69, 9.17) is 10.3 Å². The quantitative estimate of drug-likeness (QED) is 0.933. The number of carbonyl (C=O) groups is 2. The van der Waals surface area contributed by atoms with Crippen LogP contribution in [-0.2, 0) is 16.0 Å². The first kappa shape index (κ1) is 15.5. The molecule has 122 valence electrons. The fourth-order valence-electron chi connectivity index (χ4n) is 3.04. The molecule has 0 aliphatic carbocycles. The predicted octanol–water partition coefficient (Wildman–Crippen LogP) is 1.71. The molecule has 1 aromatic heterocycles. The van der Waals surface area contributed by atoms with Gasteiger partial charge in [-0.05, 0) is 49.9 Å². The van der Waals surface area contributed by atoms with Gasteiger partial charge >= 0.3 is 0 Å². The Hall–Kier alpha value is -2.37. The number of piperidine rings is 1. The smallest absolute Gasteiger partial charge is 0.228 e. The predicted molar refractivity (Wildman–Crippen MR) is 85.7 cm³/mol. The number of nitrogens with two attached hydrogens (primary N) is 1. The molecule has 1 fully saturated rings. The minimum atomic E-state index is -0.273. The normalized spacial score (nSPS) is 16.0. The molecule has 0 saturated carbocycles. The molecule has 6 heteroatoms. The molecule has 6 nitrogen and oxygen atoms in total. The average Bonchev–Trinajstić information content (AvgIpc) is 2.90. The van der Waals surface area contributed by atoms with Gasteiger partial charge in [-0.2, -0.15) is 0 Å². The number of nitrogens with zero attached hydrogens (tertiary/aromatic N) is 2. The molecule has 0 atom stereocenters. The summed E-state index contributed by atoms with van der Waals surface area (Å²) < 4.78 is 5.34. The van der Waals surface area contributed by atoms with E-state index in [0.29, 0.717) is 37.2 Å². The number of primary amides is 1. The van der Waals surface area contributed by atoms with Gasteiger partial charge in [0, 0.05) is 24.4 Å². The maximum Gasteiger partial charge on any atom is 0.228 e. The summed E-state index contributed by atoms with van der Waals surface area (Å²) in [5.74, 6) is -0.371. The number of benzene rings is 1. The first-order valence-electron chi connectivity index (χ1n) is 7.88. The van der Waals surface area contributed by atoms with Crippen molar-refractivity contribution in [2.75, 3.05) is 13.1 Å². The van der Waals surface area contributed by atoms with Gasteiger partial charge in [0.25, 0.3) is 0 Å². The Kier molecular flexibility index (Phi) is 4.07. The number of likely N-dealkylation sites (tertiary alicyclic amines) is 1. The third-order valence-corrected chi connectivity index (χ3v) is 4.73. The highest BCUT2D eigenvalue weighted by Gasteiger charge is 2.26. The summed E-state index contributed by atoms with van der Waals surface area (Å²) in [5.41, 5.74) is 8.99. The maximum absolute atomic E-state index is 12.5. The van der Waals surface area contributed by atoms with Crippen LogP contribution < -0.4 is 5.73 Å². The minimum Gasteiger partial charge on any atom is -0.369 e. The number of hydrogen-bond acceptors (Lipinski definition) is 4. The van der Waals surface area contributed by atoms with Gasteiger partial charge in [0.15, 0.2) is 5.58 Å². The molecule has 1 aliphatic heterocycles. The van der Waals surface area contributed by atoms with Crippen LogP contribution in [0.25, 0.3) is 11.0 Å². The lowest BCUT2D eigenvalue weighted by molar-refractivity contribution is -0.134. The van der Waals surface area contributed by atoms with Gasteiger partial charge in [-0.15, -0.1) is 0 Å². The second-order valence-corrected chi connectivity index (χ2v) is 6.30. The Morgan fingerprint density at radius 2 is 1.91 bits per heavy atom. The number of fused-ring (bicyclic) bond motifs is 1. The third kappa shape index (κ3) is 3.06. The van der Waals surface area contributed by atoms with Crippen LogP contribution in [0.3, 0.4) is 0 Å². The van der Waals surface area contributed by atoms with Crippen molar-refractivity contribution in [2.45, 2.75) is 33.1 Å². The van der Waals surface area contributed by atoms with Crippen LogP contribution in [0.1, 0.15) is 29.7 Å². The van der Waals surface area contributed by atoms with Crippen LogP contribution in [0.2, 0.25) is 0 Å². The van der Waals surface area contributed by atoms with Crippen LogP contribution in [-0.4, -0.2) is 35.0 Å². The van der Waals surface area contributed by atoms with E-state index >= 15 is 0 Å². The second kappa shape index (κ2) is 6.02. The van der Waals surface area contributed by atoms with Crippen LogP contribution in [0.4, 0.5) is 0 Å². The summed E-state index contributed by atoms with van der Waals surface area (Å²) in [5, 5.41) is 4.96. The van der Waals surface area contributed by atoms with Gasteiger partial charge in [-0.3, -0.25) is 9.59 Å². The summed E-state index contributed by atoms with van der Waals surface area (Å²) in [6, 6.07) is 3.97. The van der Waals surface area contributed by atoms with Gasteiger partial charge < -0.3 is 15.2 Å². The largest absolute Gasteiger partial charge is 0.369 e. The Labute approximate surface area is 134 Å². The molecule has 23 heavy (non-hydrogen) atoms. The van der Waals surface area contributed by atoms with Gasteiger partial charge in [0.2, 0.25) is 11.8 Å². The lowest BCUT2D eigenvalue weighted by Gasteiger charge is -2.30. The number of amides is 2. The van der Waals surface area contributed by atoms with Crippen LogP contribution in [0.15, 0.2) is 16.7 Å².